The summed E-state index contributed by atoms with van der Waals surface area (Å²) in [6.07, 6.45) is -2.32. The van der Waals surface area contributed by atoms with Crippen molar-refractivity contribution in [3.63, 3.8) is 0 Å². The molecule has 5 atom stereocenters. The van der Waals surface area contributed by atoms with E-state index in [1.165, 1.54) is 12.0 Å². The molecule has 0 radical (unpaired) electrons. The molecular formula is C53H80F2N8O13SSi2. The van der Waals surface area contributed by atoms with E-state index in [2.05, 4.69) is 65.9 Å². The van der Waals surface area contributed by atoms with E-state index in [4.69, 9.17) is 24.7 Å². The lowest BCUT2D eigenvalue weighted by Crippen LogP contribution is -2.53. The van der Waals surface area contributed by atoms with Crippen LogP contribution in [0.1, 0.15) is 50.9 Å². The first-order valence-corrected chi connectivity index (χ1v) is 34.1. The third-order valence-corrected chi connectivity index (χ3v) is 16.6. The number of alkyl carbamates (subject to hydrolysis) is 2. The topological polar surface area (TPSA) is 288 Å². The third-order valence-electron chi connectivity index (χ3n) is 12.1. The number of carbonyl (C=O) groups is 8. The van der Waals surface area contributed by atoms with Crippen LogP contribution in [-0.4, -0.2) is 161 Å². The number of hydrogen-bond acceptors (Lipinski definition) is 15. The van der Waals surface area contributed by atoms with Crippen molar-refractivity contribution in [1.29, 1.82) is 0 Å². The molecule has 21 nitrogen and oxygen atoms in total. The maximum atomic E-state index is 15.3. The summed E-state index contributed by atoms with van der Waals surface area (Å²) in [5.41, 5.74) is 6.85. The molecule has 5 unspecified atom stereocenters. The molecule has 3 rings (SSSR count). The van der Waals surface area contributed by atoms with E-state index in [0.717, 1.165) is 30.9 Å². The van der Waals surface area contributed by atoms with Crippen LogP contribution in [0.3, 0.4) is 0 Å². The second-order valence-electron chi connectivity index (χ2n) is 22.2. The van der Waals surface area contributed by atoms with Gasteiger partial charge in [-0.3, -0.25) is 28.8 Å². The molecule has 0 fully saturated rings. The lowest BCUT2D eigenvalue weighted by atomic mass is 9.82. The van der Waals surface area contributed by atoms with Gasteiger partial charge in [0.2, 0.25) is 28.7 Å². The molecule has 79 heavy (non-hydrogen) atoms. The van der Waals surface area contributed by atoms with E-state index in [-0.39, 0.29) is 51.4 Å². The van der Waals surface area contributed by atoms with E-state index >= 15 is 4.39 Å². The number of carbonyl (C=O) groups excluding carboxylic acids is 8. The molecule has 0 saturated carbocycles. The Kier molecular flexibility index (Phi) is 26.8. The number of esters is 1. The highest BCUT2D eigenvalue weighted by molar-refractivity contribution is 8.14. The van der Waals surface area contributed by atoms with Crippen LogP contribution in [0.15, 0.2) is 60.8 Å². The molecule has 2 aromatic carbocycles. The number of rotatable bonds is 30. The molecule has 3 aromatic rings. The number of aromatic nitrogens is 1. The van der Waals surface area contributed by atoms with Gasteiger partial charge in [-0.05, 0) is 53.8 Å². The first-order valence-electron chi connectivity index (χ1n) is 25.8. The maximum absolute atomic E-state index is 15.3. The van der Waals surface area contributed by atoms with Gasteiger partial charge in [-0.25, -0.2) is 18.4 Å². The largest absolute Gasteiger partial charge is 0.468 e. The second-order valence-corrected chi connectivity index (χ2v) is 34.6. The number of aliphatic hydroxyl groups excluding tert-OH is 1. The minimum atomic E-state index is -1.64. The zero-order valence-electron chi connectivity index (χ0n) is 47.1. The third kappa shape index (κ3) is 23.6. The van der Waals surface area contributed by atoms with Crippen molar-refractivity contribution in [1.82, 2.24) is 36.1 Å². The number of halogens is 2. The molecule has 0 spiro atoms. The van der Waals surface area contributed by atoms with Gasteiger partial charge < -0.3 is 65.8 Å². The average Bonchev–Trinajstić information content (AvgIpc) is 3.90. The van der Waals surface area contributed by atoms with Crippen molar-refractivity contribution >= 4 is 74.8 Å². The monoisotopic (exact) mass is 1160 g/mol. The fourth-order valence-corrected chi connectivity index (χ4v) is 10.3. The highest BCUT2D eigenvalue weighted by atomic mass is 32.2. The lowest BCUT2D eigenvalue weighted by molar-refractivity contribution is -0.141. The normalized spacial score (nSPS) is 13.6. The van der Waals surface area contributed by atoms with Crippen molar-refractivity contribution in [3.05, 3.63) is 83.7 Å². The summed E-state index contributed by atoms with van der Waals surface area (Å²) in [5, 5.41) is 20.7. The molecule has 0 aliphatic carbocycles. The van der Waals surface area contributed by atoms with Crippen molar-refractivity contribution in [3.8, 4) is 11.1 Å². The van der Waals surface area contributed by atoms with Gasteiger partial charge >= 0.3 is 18.2 Å². The molecular weight excluding hydrogens is 1080 g/mol. The number of thioether (sulfide) groups is 1. The van der Waals surface area contributed by atoms with Gasteiger partial charge in [0.1, 0.15) is 41.8 Å². The fourth-order valence-electron chi connectivity index (χ4n) is 7.81. The Labute approximate surface area is 467 Å². The number of nitrogens with one attached hydrogen (secondary N) is 5. The number of amides is 6. The minimum absolute atomic E-state index is 0.00820. The van der Waals surface area contributed by atoms with Gasteiger partial charge in [0.15, 0.2) is 0 Å². The fraction of sp³-hybridized carbons (Fsp3) is 0.547. The van der Waals surface area contributed by atoms with Gasteiger partial charge in [0, 0.05) is 78.9 Å². The minimum Gasteiger partial charge on any atom is -0.468 e. The second kappa shape index (κ2) is 31.6. The predicted molar refractivity (Wildman–Crippen MR) is 301 cm³/mol. The predicted octanol–water partition coefficient (Wildman–Crippen LogP) is 5.12. The van der Waals surface area contributed by atoms with Crippen molar-refractivity contribution < 1.29 is 71.2 Å². The number of hydrogen-bond donors (Lipinski definition) is 7. The number of nitrogens with zero attached hydrogens (tertiary/aromatic N) is 2. The summed E-state index contributed by atoms with van der Waals surface area (Å²) in [7, 11) is -0.929. The van der Waals surface area contributed by atoms with Crippen LogP contribution < -0.4 is 32.3 Å². The highest BCUT2D eigenvalue weighted by Gasteiger charge is 2.39. The summed E-state index contributed by atoms with van der Waals surface area (Å²) in [6, 6.07) is 11.8. The van der Waals surface area contributed by atoms with E-state index < -0.39 is 129 Å². The summed E-state index contributed by atoms with van der Waals surface area (Å²) in [5.74, 6) is -5.22. The van der Waals surface area contributed by atoms with Crippen LogP contribution in [0.4, 0.5) is 18.4 Å². The molecule has 0 saturated heterocycles. The number of ether oxygens (including phenoxy) is 4. The first kappa shape index (κ1) is 67.1. The van der Waals surface area contributed by atoms with E-state index in [1.54, 1.807) is 12.3 Å². The Morgan fingerprint density at radius 1 is 0.810 bits per heavy atom. The van der Waals surface area contributed by atoms with E-state index in [1.807, 2.05) is 55.7 Å². The number of methoxy groups -OCH3 is 2. The number of benzene rings is 2. The summed E-state index contributed by atoms with van der Waals surface area (Å²) < 4.78 is 52.3. The average molecular weight is 1160 g/mol. The summed E-state index contributed by atoms with van der Waals surface area (Å²) >= 11 is 0.377. The summed E-state index contributed by atoms with van der Waals surface area (Å²) in [6.45, 7) is 16.6. The van der Waals surface area contributed by atoms with Gasteiger partial charge in [0.05, 0.1) is 32.9 Å². The van der Waals surface area contributed by atoms with Crippen LogP contribution in [0.2, 0.25) is 51.4 Å². The molecule has 1 aromatic heterocycles. The quantitative estimate of drug-likeness (QED) is 0.0150. The van der Waals surface area contributed by atoms with Crippen LogP contribution in [0.5, 0.6) is 0 Å². The van der Waals surface area contributed by atoms with Crippen molar-refractivity contribution in [2.75, 3.05) is 60.2 Å². The van der Waals surface area contributed by atoms with Crippen molar-refractivity contribution in [2.24, 2.45) is 11.1 Å². The Hall–Kier alpha value is -6.20. The van der Waals surface area contributed by atoms with Crippen LogP contribution in [-0.2, 0) is 54.3 Å². The zero-order valence-corrected chi connectivity index (χ0v) is 49.9. The molecule has 8 N–H and O–H groups in total. The van der Waals surface area contributed by atoms with Crippen molar-refractivity contribution in [2.45, 2.75) is 121 Å². The molecule has 6 amide bonds. The van der Waals surface area contributed by atoms with E-state index in [0.29, 0.717) is 35.1 Å². The first-order chi connectivity index (χ1) is 37.0. The standard InChI is InChI=1S/C53H80F2N8O13SSi2/c1-53(2,3)46(40-27-35(37-28-36(54)17-18-38(37)55)32-62(40)31-34-15-13-12-14-16-34)63(44(67)33-64)22-19-39(60-51(71)75-23-25-78(6,7)8)48(68)58-21-20-57-43(66)30-59-42(65)29-41(49(69)74-5)77-50(70)45(47(56)73-4)61-52(72)76-24-26-79(9,10)11/h12-18,27-28,32,39,41,45-47,64H,19-26,29-31,33,56H2,1-11H3,(H,57,66)(H,58,68)(H,59,65)(H,60,71)(H,61,72). The molecule has 26 heteroatoms. The number of nitrogens with two attached hydrogens (primary N) is 1. The molecule has 1 heterocycles. The Morgan fingerprint density at radius 3 is 1.99 bits per heavy atom. The maximum Gasteiger partial charge on any atom is 0.407 e. The van der Waals surface area contributed by atoms with Crippen LogP contribution >= 0.6 is 11.8 Å². The lowest BCUT2D eigenvalue weighted by Gasteiger charge is -2.41. The Morgan fingerprint density at radius 2 is 1.42 bits per heavy atom. The van der Waals surface area contributed by atoms with Crippen LogP contribution in [0.25, 0.3) is 11.1 Å². The van der Waals surface area contributed by atoms with E-state index in [9.17, 15) is 47.9 Å². The Balaban J connectivity index is 1.76. The Bertz CT molecular complexity index is 2540. The molecule has 0 aliphatic rings. The van der Waals surface area contributed by atoms with Gasteiger partial charge in [0.25, 0.3) is 0 Å². The van der Waals surface area contributed by atoms with Crippen LogP contribution in [0, 0.1) is 17.0 Å². The highest BCUT2D eigenvalue weighted by Crippen LogP contribution is 2.41. The molecule has 0 aliphatic heterocycles. The smallest absolute Gasteiger partial charge is 0.407 e. The van der Waals surface area contributed by atoms with Gasteiger partial charge in [-0.1, -0.05) is 102 Å². The molecule has 438 valence electrons. The zero-order chi connectivity index (χ0) is 59.3. The molecule has 0 bridgehead atoms. The SMILES string of the molecule is COC(=O)C(CC(=O)NCC(=O)NCCNC(=O)C(CCN(C(=O)CO)C(c1cc(-c2cc(F)ccc2F)cn1Cc1ccccc1)C(C)(C)C)NC(=O)OCC[Si](C)(C)C)SC(=O)C(NC(=O)OCC[Si](C)(C)C)C(N)OC. The van der Waals surface area contributed by atoms with Gasteiger partial charge in [-0.2, -0.15) is 0 Å². The summed E-state index contributed by atoms with van der Waals surface area (Å²) in [4.78, 5) is 107. The number of aliphatic hydroxyl groups is 1. The van der Waals surface area contributed by atoms with Gasteiger partial charge in [-0.15, -0.1) is 0 Å².